The minimum absolute atomic E-state index is 0.583. The molecule has 0 unspecified atom stereocenters. The van der Waals surface area contributed by atoms with Crippen LogP contribution in [0.25, 0.3) is 32.9 Å². The van der Waals surface area contributed by atoms with Crippen LogP contribution in [0.15, 0.2) is 66.9 Å². The van der Waals surface area contributed by atoms with Crippen molar-refractivity contribution in [3.05, 3.63) is 88.6 Å². The molecule has 2 aromatic heterocycles. The van der Waals surface area contributed by atoms with Crippen LogP contribution in [0.2, 0.25) is 5.02 Å². The number of carbonyl (C=O) groups is 1. The molecule has 6 rings (SSSR count). The number of aryl methyl sites for hydroxylation is 1. The molecule has 7 nitrogen and oxygen atoms in total. The molecule has 2 N–H and O–H groups in total. The molecule has 1 aliphatic rings. The van der Waals surface area contributed by atoms with Gasteiger partial charge < -0.3 is 19.9 Å². The number of hydrogen-bond donors (Lipinski definition) is 2. The summed E-state index contributed by atoms with van der Waals surface area (Å²) in [5, 5.41) is 16.2. The van der Waals surface area contributed by atoms with Crippen LogP contribution in [0.5, 0.6) is 5.75 Å². The lowest BCUT2D eigenvalue weighted by atomic mass is 9.86. The number of carboxylic acid groups (broad SMARTS) is 1. The fourth-order valence-electron chi connectivity index (χ4n) is 5.49. The Hall–Kier alpha value is -4.20. The van der Waals surface area contributed by atoms with Crippen molar-refractivity contribution < 1.29 is 19.4 Å². The molecule has 0 fully saturated rings. The highest BCUT2D eigenvalue weighted by Gasteiger charge is 2.33. The summed E-state index contributed by atoms with van der Waals surface area (Å²) in [4.78, 5) is 22.5. The normalized spacial score (nSPS) is 13.7. The number of nitrogens with one attached hydrogen (secondary N) is 1. The minimum Gasteiger partial charge on any atom is -0.493 e. The molecule has 5 aromatic rings. The Bertz CT molecular complexity index is 1800. The van der Waals surface area contributed by atoms with Gasteiger partial charge in [-0.15, -0.1) is 0 Å². The second-order valence-electron chi connectivity index (χ2n) is 11.2. The first kappa shape index (κ1) is 27.0. The Kier molecular flexibility index (Phi) is 6.80. The minimum atomic E-state index is -1.21. The number of benzene rings is 3. The molecular weight excluding hydrogens is 538 g/mol. The second kappa shape index (κ2) is 10.3. The van der Waals surface area contributed by atoms with Crippen LogP contribution in [0.1, 0.15) is 43.6 Å². The van der Waals surface area contributed by atoms with Crippen LogP contribution in [-0.4, -0.2) is 33.3 Å². The molecule has 0 radical (unpaired) electrons. The quantitative estimate of drug-likeness (QED) is 0.214. The van der Waals surface area contributed by atoms with Gasteiger partial charge in [-0.25, -0.2) is 9.78 Å². The van der Waals surface area contributed by atoms with Crippen LogP contribution in [0.3, 0.4) is 0 Å². The largest absolute Gasteiger partial charge is 0.493 e. The van der Waals surface area contributed by atoms with E-state index in [1.807, 2.05) is 88.4 Å². The zero-order valence-corrected chi connectivity index (χ0v) is 24.0. The number of hydrogen-bond acceptors (Lipinski definition) is 6. The summed E-state index contributed by atoms with van der Waals surface area (Å²) in [6, 6.07) is 19.1. The molecular formula is C33H30ClN3O4. The van der Waals surface area contributed by atoms with Gasteiger partial charge in [0.05, 0.1) is 23.2 Å². The van der Waals surface area contributed by atoms with Crippen molar-refractivity contribution in [3.63, 3.8) is 0 Å². The summed E-state index contributed by atoms with van der Waals surface area (Å²) in [5.74, 6) is 0.378. The van der Waals surface area contributed by atoms with Gasteiger partial charge in [-0.05, 0) is 105 Å². The number of halogens is 1. The van der Waals surface area contributed by atoms with Crippen molar-refractivity contribution in [2.24, 2.45) is 0 Å². The Labute approximate surface area is 243 Å². The van der Waals surface area contributed by atoms with E-state index in [1.54, 1.807) is 6.20 Å². The summed E-state index contributed by atoms with van der Waals surface area (Å²) in [7, 11) is 0. The van der Waals surface area contributed by atoms with Crippen LogP contribution >= 0.6 is 11.6 Å². The molecule has 3 heterocycles. The second-order valence-corrected chi connectivity index (χ2v) is 11.7. The first-order valence-corrected chi connectivity index (χ1v) is 13.9. The zero-order chi connectivity index (χ0) is 28.9. The smallest absolute Gasteiger partial charge is 0.337 e. The Morgan fingerprint density at radius 3 is 2.61 bits per heavy atom. The number of pyridine rings is 2. The van der Waals surface area contributed by atoms with Crippen LogP contribution in [-0.2, 0) is 16.0 Å². The molecule has 208 valence electrons. The molecule has 3 aromatic carbocycles. The molecule has 1 atom stereocenters. The van der Waals surface area contributed by atoms with Gasteiger partial charge in [0.15, 0.2) is 6.10 Å². The predicted molar refractivity (Wildman–Crippen MR) is 162 cm³/mol. The lowest BCUT2D eigenvalue weighted by Gasteiger charge is -2.29. The standard InChI is InChI=1S/C33H30ClN3O4/c1-18-17-24-22(10-12-26(37-24)36-21-7-5-20(34)6-8-21)29(27(18)31(32(38)39)41-33(2,3)4)23-9-11-25-28-19(14-16-40-25)13-15-35-30(23)28/h5-13,15,17,31H,14,16H2,1-4H3,(H,36,37)(H,38,39)/t31-/m0/s1. The van der Waals surface area contributed by atoms with E-state index in [2.05, 4.69) is 5.32 Å². The summed E-state index contributed by atoms with van der Waals surface area (Å²) in [6.07, 6.45) is 1.38. The van der Waals surface area contributed by atoms with Crippen molar-refractivity contribution in [1.82, 2.24) is 9.97 Å². The van der Waals surface area contributed by atoms with E-state index < -0.39 is 17.7 Å². The third-order valence-corrected chi connectivity index (χ3v) is 7.41. The maximum atomic E-state index is 12.8. The van der Waals surface area contributed by atoms with E-state index >= 15 is 0 Å². The van der Waals surface area contributed by atoms with Crippen LogP contribution in [0, 0.1) is 6.92 Å². The fraction of sp³-hybridized carbons (Fsp3) is 0.242. The molecule has 0 saturated carbocycles. The van der Waals surface area contributed by atoms with Gasteiger partial charge in [-0.2, -0.15) is 0 Å². The molecule has 1 aliphatic heterocycles. The summed E-state index contributed by atoms with van der Waals surface area (Å²) >= 11 is 6.05. The zero-order valence-electron chi connectivity index (χ0n) is 23.3. The van der Waals surface area contributed by atoms with Crippen LogP contribution in [0.4, 0.5) is 11.5 Å². The topological polar surface area (TPSA) is 93.6 Å². The van der Waals surface area contributed by atoms with E-state index in [1.165, 1.54) is 0 Å². The highest BCUT2D eigenvalue weighted by atomic mass is 35.5. The molecule has 8 heteroatoms. The van der Waals surface area contributed by atoms with E-state index in [0.717, 1.165) is 61.9 Å². The Balaban J connectivity index is 1.62. The van der Waals surface area contributed by atoms with Crippen molar-refractivity contribution in [2.45, 2.75) is 45.8 Å². The van der Waals surface area contributed by atoms with E-state index in [9.17, 15) is 9.90 Å². The molecule has 41 heavy (non-hydrogen) atoms. The van der Waals surface area contributed by atoms with Gasteiger partial charge in [0.1, 0.15) is 11.6 Å². The van der Waals surface area contributed by atoms with Crippen molar-refractivity contribution >= 4 is 50.9 Å². The SMILES string of the molecule is Cc1cc2nc(Nc3ccc(Cl)cc3)ccc2c(-c2ccc3c4c(ccnc24)CCO3)c1[C@H](OC(C)(C)C)C(=O)O. The summed E-state index contributed by atoms with van der Waals surface area (Å²) in [6.45, 7) is 8.09. The highest BCUT2D eigenvalue weighted by Crippen LogP contribution is 2.45. The third-order valence-electron chi connectivity index (χ3n) is 7.15. The van der Waals surface area contributed by atoms with Crippen LogP contribution < -0.4 is 10.1 Å². The first-order valence-electron chi connectivity index (χ1n) is 13.5. The number of aliphatic carboxylic acids is 1. The average molecular weight is 568 g/mol. The number of anilines is 2. The van der Waals surface area contributed by atoms with Gasteiger partial charge in [0.25, 0.3) is 0 Å². The predicted octanol–water partition coefficient (Wildman–Crippen LogP) is 8.03. The molecule has 0 saturated heterocycles. The molecule has 0 aliphatic carbocycles. The monoisotopic (exact) mass is 567 g/mol. The third kappa shape index (κ3) is 5.19. The van der Waals surface area contributed by atoms with E-state index in [4.69, 9.17) is 31.0 Å². The van der Waals surface area contributed by atoms with Crippen molar-refractivity contribution in [3.8, 4) is 16.9 Å². The summed E-state index contributed by atoms with van der Waals surface area (Å²) < 4.78 is 12.2. The Morgan fingerprint density at radius 2 is 1.88 bits per heavy atom. The lowest BCUT2D eigenvalue weighted by Crippen LogP contribution is -2.28. The maximum Gasteiger partial charge on any atom is 0.337 e. The van der Waals surface area contributed by atoms with Gasteiger partial charge >= 0.3 is 5.97 Å². The number of ether oxygens (including phenoxy) is 2. The molecule has 0 spiro atoms. The van der Waals surface area contributed by atoms with Gasteiger partial charge in [-0.1, -0.05) is 11.6 Å². The van der Waals surface area contributed by atoms with Gasteiger partial charge in [-0.3, -0.25) is 4.98 Å². The first-order chi connectivity index (χ1) is 19.6. The molecule has 0 bridgehead atoms. The van der Waals surface area contributed by atoms with Crippen molar-refractivity contribution in [2.75, 3.05) is 11.9 Å². The van der Waals surface area contributed by atoms with Gasteiger partial charge in [0, 0.05) is 45.2 Å². The van der Waals surface area contributed by atoms with Crippen molar-refractivity contribution in [1.29, 1.82) is 0 Å². The molecule has 0 amide bonds. The Morgan fingerprint density at radius 1 is 1.10 bits per heavy atom. The van der Waals surface area contributed by atoms with E-state index in [0.29, 0.717) is 23.0 Å². The number of aromatic nitrogens is 2. The summed E-state index contributed by atoms with van der Waals surface area (Å²) in [5.41, 5.74) is 5.69. The number of carboxylic acids is 1. The average Bonchev–Trinajstić information content (AvgIpc) is 2.92. The van der Waals surface area contributed by atoms with E-state index in [-0.39, 0.29) is 0 Å². The highest BCUT2D eigenvalue weighted by molar-refractivity contribution is 6.30. The lowest BCUT2D eigenvalue weighted by molar-refractivity contribution is -0.160. The number of nitrogens with zero attached hydrogens (tertiary/aromatic N) is 2. The fourth-order valence-corrected chi connectivity index (χ4v) is 5.62. The number of fused-ring (bicyclic) bond motifs is 1. The van der Waals surface area contributed by atoms with Gasteiger partial charge in [0.2, 0.25) is 0 Å². The number of rotatable bonds is 6. The maximum absolute atomic E-state index is 12.8.